The fraction of sp³-hybridized carbons (Fsp3) is 0.667. The highest BCUT2D eigenvalue weighted by molar-refractivity contribution is 5.83. The van der Waals surface area contributed by atoms with Crippen molar-refractivity contribution in [2.24, 2.45) is 5.41 Å². The first-order valence-corrected chi connectivity index (χ1v) is 11.6. The fourth-order valence-electron chi connectivity index (χ4n) is 5.72. The number of piperidine rings is 2. The van der Waals surface area contributed by atoms with Gasteiger partial charge in [-0.25, -0.2) is 4.79 Å². The second-order valence-corrected chi connectivity index (χ2v) is 9.34. The summed E-state index contributed by atoms with van der Waals surface area (Å²) in [4.78, 5) is 32.4. The van der Waals surface area contributed by atoms with E-state index < -0.39 is 0 Å². The topological polar surface area (TPSA) is 55.9 Å². The zero-order chi connectivity index (χ0) is 21.0. The Kier molecular flexibility index (Phi) is 6.61. The van der Waals surface area contributed by atoms with Crippen molar-refractivity contribution in [3.05, 3.63) is 35.9 Å². The van der Waals surface area contributed by atoms with Crippen molar-refractivity contribution >= 4 is 11.9 Å². The van der Waals surface area contributed by atoms with Crippen LogP contribution in [0.3, 0.4) is 0 Å². The van der Waals surface area contributed by atoms with Crippen LogP contribution in [0.2, 0.25) is 0 Å². The number of hydrogen-bond donors (Lipinski definition) is 1. The number of carbonyl (C=O) groups is 2. The molecule has 1 atom stereocenters. The van der Waals surface area contributed by atoms with E-state index in [1.165, 1.54) is 5.56 Å². The Labute approximate surface area is 180 Å². The molecule has 3 saturated heterocycles. The van der Waals surface area contributed by atoms with Crippen molar-refractivity contribution in [2.45, 2.75) is 51.0 Å². The highest BCUT2D eigenvalue weighted by atomic mass is 16.2. The highest BCUT2D eigenvalue weighted by Gasteiger charge is 2.50. The maximum Gasteiger partial charge on any atom is 0.317 e. The van der Waals surface area contributed by atoms with E-state index in [1.54, 1.807) is 0 Å². The number of amides is 3. The molecule has 30 heavy (non-hydrogen) atoms. The van der Waals surface area contributed by atoms with Gasteiger partial charge in [0, 0.05) is 32.7 Å². The smallest absolute Gasteiger partial charge is 0.317 e. The largest absolute Gasteiger partial charge is 0.341 e. The van der Waals surface area contributed by atoms with Crippen molar-refractivity contribution in [1.29, 1.82) is 0 Å². The number of carbonyl (C=O) groups excluding carboxylic acids is 2. The fourth-order valence-corrected chi connectivity index (χ4v) is 5.72. The van der Waals surface area contributed by atoms with Crippen molar-refractivity contribution in [2.75, 3.05) is 46.3 Å². The molecule has 3 heterocycles. The summed E-state index contributed by atoms with van der Waals surface area (Å²) in [5.41, 5.74) is 1.26. The van der Waals surface area contributed by atoms with Crippen LogP contribution in [0, 0.1) is 5.41 Å². The molecule has 0 radical (unpaired) electrons. The quantitative estimate of drug-likeness (QED) is 0.827. The number of urea groups is 1. The summed E-state index contributed by atoms with van der Waals surface area (Å²) in [6.07, 6.45) is 7.20. The molecule has 3 amide bonds. The Morgan fingerprint density at radius 3 is 2.33 bits per heavy atom. The Bertz CT molecular complexity index is 724. The van der Waals surface area contributed by atoms with Gasteiger partial charge in [0.05, 0.1) is 6.04 Å². The number of nitrogens with zero attached hydrogens (tertiary/aromatic N) is 3. The molecule has 6 nitrogen and oxygen atoms in total. The third-order valence-corrected chi connectivity index (χ3v) is 7.44. The Hall–Kier alpha value is -2.08. The molecule has 4 rings (SSSR count). The summed E-state index contributed by atoms with van der Waals surface area (Å²) in [7, 11) is 2.11. The first kappa shape index (κ1) is 21.2. The second kappa shape index (κ2) is 9.38. The standard InChI is InChI=1S/C24H36N4O2/c1-26-15-7-11-24(21(26)22(29)27-16-5-6-17-27)12-18-28(19-13-24)23(30)25-14-10-20-8-3-2-4-9-20/h2-4,8-9,21H,5-7,10-19H2,1H3,(H,25,30). The summed E-state index contributed by atoms with van der Waals surface area (Å²) in [5.74, 6) is 0.329. The normalized spacial score (nSPS) is 24.2. The first-order valence-electron chi connectivity index (χ1n) is 11.6. The van der Waals surface area contributed by atoms with Gasteiger partial charge >= 0.3 is 6.03 Å². The van der Waals surface area contributed by atoms with Crippen LogP contribution in [0.15, 0.2) is 30.3 Å². The maximum absolute atomic E-state index is 13.4. The zero-order valence-electron chi connectivity index (χ0n) is 18.3. The Morgan fingerprint density at radius 1 is 0.933 bits per heavy atom. The van der Waals surface area contributed by atoms with Gasteiger partial charge in [0.15, 0.2) is 0 Å². The molecule has 0 saturated carbocycles. The minimum atomic E-state index is -0.0207. The van der Waals surface area contributed by atoms with Crippen LogP contribution in [-0.4, -0.2) is 79.0 Å². The van der Waals surface area contributed by atoms with Crippen LogP contribution in [0.5, 0.6) is 0 Å². The van der Waals surface area contributed by atoms with Gasteiger partial charge in [-0.1, -0.05) is 30.3 Å². The van der Waals surface area contributed by atoms with Gasteiger partial charge in [0.25, 0.3) is 0 Å². The number of rotatable bonds is 4. The van der Waals surface area contributed by atoms with Crippen molar-refractivity contribution in [1.82, 2.24) is 20.0 Å². The molecule has 164 valence electrons. The molecule has 6 heteroatoms. The van der Waals surface area contributed by atoms with Crippen LogP contribution in [0.25, 0.3) is 0 Å². The lowest BCUT2D eigenvalue weighted by molar-refractivity contribution is -0.145. The Balaban J connectivity index is 1.33. The SMILES string of the molecule is CN1CCCC2(CCN(C(=O)NCCc3ccccc3)CC2)C1C(=O)N1CCCC1. The van der Waals surface area contributed by atoms with Gasteiger partial charge in [0.2, 0.25) is 5.91 Å². The summed E-state index contributed by atoms with van der Waals surface area (Å²) >= 11 is 0. The van der Waals surface area contributed by atoms with E-state index in [0.717, 1.165) is 77.7 Å². The van der Waals surface area contributed by atoms with Crippen LogP contribution in [0.1, 0.15) is 44.1 Å². The molecule has 1 aromatic rings. The van der Waals surface area contributed by atoms with Gasteiger partial charge < -0.3 is 15.1 Å². The molecule has 0 bridgehead atoms. The zero-order valence-corrected chi connectivity index (χ0v) is 18.3. The number of likely N-dealkylation sites (N-methyl/N-ethyl adjacent to an activating group) is 1. The summed E-state index contributed by atoms with van der Waals surface area (Å²) in [6, 6.07) is 10.3. The molecule has 0 aromatic heterocycles. The summed E-state index contributed by atoms with van der Waals surface area (Å²) < 4.78 is 0. The number of benzene rings is 1. The molecule has 3 aliphatic heterocycles. The van der Waals surface area contributed by atoms with E-state index in [1.807, 2.05) is 23.1 Å². The summed E-state index contributed by atoms with van der Waals surface area (Å²) in [5, 5.41) is 3.08. The van der Waals surface area contributed by atoms with E-state index in [2.05, 4.69) is 34.3 Å². The molecule has 0 aliphatic carbocycles. The summed E-state index contributed by atoms with van der Waals surface area (Å²) in [6.45, 7) is 4.97. The minimum absolute atomic E-state index is 0.0207. The molecule has 1 spiro atoms. The van der Waals surface area contributed by atoms with Crippen LogP contribution in [0.4, 0.5) is 4.79 Å². The predicted octanol–water partition coefficient (Wildman–Crippen LogP) is 2.74. The number of hydrogen-bond acceptors (Lipinski definition) is 3. The average molecular weight is 413 g/mol. The minimum Gasteiger partial charge on any atom is -0.341 e. The monoisotopic (exact) mass is 412 g/mol. The first-order chi connectivity index (χ1) is 14.6. The number of nitrogens with one attached hydrogen (secondary N) is 1. The van der Waals surface area contributed by atoms with E-state index in [9.17, 15) is 9.59 Å². The van der Waals surface area contributed by atoms with Crippen molar-refractivity contribution < 1.29 is 9.59 Å². The molecule has 1 N–H and O–H groups in total. The lowest BCUT2D eigenvalue weighted by Crippen LogP contribution is -2.62. The third-order valence-electron chi connectivity index (χ3n) is 7.44. The van der Waals surface area contributed by atoms with E-state index >= 15 is 0 Å². The lowest BCUT2D eigenvalue weighted by atomic mass is 9.66. The second-order valence-electron chi connectivity index (χ2n) is 9.34. The van der Waals surface area contributed by atoms with Crippen molar-refractivity contribution in [3.8, 4) is 0 Å². The van der Waals surface area contributed by atoms with Gasteiger partial charge in [-0.15, -0.1) is 0 Å². The third kappa shape index (κ3) is 4.48. The average Bonchev–Trinajstić information content (AvgIpc) is 3.30. The molecular weight excluding hydrogens is 376 g/mol. The van der Waals surface area contributed by atoms with Gasteiger partial charge in [0.1, 0.15) is 0 Å². The van der Waals surface area contributed by atoms with Gasteiger partial charge in [-0.2, -0.15) is 0 Å². The Morgan fingerprint density at radius 2 is 1.63 bits per heavy atom. The molecule has 3 aliphatic rings. The van der Waals surface area contributed by atoms with E-state index in [0.29, 0.717) is 12.5 Å². The molecule has 1 unspecified atom stereocenters. The van der Waals surface area contributed by atoms with E-state index in [4.69, 9.17) is 0 Å². The van der Waals surface area contributed by atoms with Gasteiger partial charge in [-0.05, 0) is 69.5 Å². The predicted molar refractivity (Wildman–Crippen MR) is 118 cm³/mol. The van der Waals surface area contributed by atoms with Crippen LogP contribution in [-0.2, 0) is 11.2 Å². The molecule has 3 fully saturated rings. The molecule has 1 aromatic carbocycles. The highest BCUT2D eigenvalue weighted by Crippen LogP contribution is 2.45. The molecular formula is C24H36N4O2. The van der Waals surface area contributed by atoms with Crippen LogP contribution < -0.4 is 5.32 Å². The van der Waals surface area contributed by atoms with Crippen molar-refractivity contribution in [3.63, 3.8) is 0 Å². The van der Waals surface area contributed by atoms with Crippen LogP contribution >= 0.6 is 0 Å². The maximum atomic E-state index is 13.4. The number of likely N-dealkylation sites (tertiary alicyclic amines) is 3. The van der Waals surface area contributed by atoms with Gasteiger partial charge in [-0.3, -0.25) is 9.69 Å². The lowest BCUT2D eigenvalue weighted by Gasteiger charge is -2.52. The van der Waals surface area contributed by atoms with E-state index in [-0.39, 0.29) is 17.5 Å².